The molecule has 0 saturated carbocycles. The first-order chi connectivity index (χ1) is 12.2. The first kappa shape index (κ1) is 16.4. The monoisotopic (exact) mass is 374 g/mol. The predicted octanol–water partition coefficient (Wildman–Crippen LogP) is 3.59. The molecule has 4 heterocycles. The third-order valence-corrected chi connectivity index (χ3v) is 6.32. The van der Waals surface area contributed by atoms with Gasteiger partial charge in [0.15, 0.2) is 16.7 Å². The molecule has 0 spiro atoms. The fourth-order valence-electron chi connectivity index (χ4n) is 3.11. The number of thiophene rings is 1. The third-order valence-electron chi connectivity index (χ3n) is 4.35. The standard InChI is InChI=1S/C17H18N4O2S2/c1-20-16(13-6-3-9-23-13)18-19-17(20)25-11-15(22)21-8-2-5-12(21)14-7-4-10-24-14/h3-4,6-7,9-10,12H,2,5,8,11H2,1H3. The van der Waals surface area contributed by atoms with Crippen LogP contribution in [-0.2, 0) is 11.8 Å². The highest BCUT2D eigenvalue weighted by molar-refractivity contribution is 7.99. The van der Waals surface area contributed by atoms with Crippen molar-refractivity contribution in [2.24, 2.45) is 7.05 Å². The molecule has 0 radical (unpaired) electrons. The summed E-state index contributed by atoms with van der Waals surface area (Å²) in [4.78, 5) is 16.0. The first-order valence-electron chi connectivity index (χ1n) is 8.13. The average Bonchev–Trinajstić information content (AvgIpc) is 3.38. The number of aromatic nitrogens is 3. The zero-order chi connectivity index (χ0) is 17.2. The molecule has 1 aliphatic rings. The van der Waals surface area contributed by atoms with Crippen LogP contribution in [0.15, 0.2) is 45.5 Å². The van der Waals surface area contributed by atoms with Crippen LogP contribution in [0.1, 0.15) is 23.8 Å². The van der Waals surface area contributed by atoms with E-state index in [0.29, 0.717) is 22.5 Å². The molecule has 1 saturated heterocycles. The molecule has 4 rings (SSSR count). The van der Waals surface area contributed by atoms with Crippen molar-refractivity contribution < 1.29 is 9.21 Å². The molecule has 1 atom stereocenters. The Hall–Kier alpha value is -2.06. The number of carbonyl (C=O) groups is 1. The van der Waals surface area contributed by atoms with E-state index in [2.05, 4.69) is 21.6 Å². The molecule has 6 nitrogen and oxygen atoms in total. The van der Waals surface area contributed by atoms with Gasteiger partial charge in [-0.3, -0.25) is 4.79 Å². The van der Waals surface area contributed by atoms with Gasteiger partial charge in [0.25, 0.3) is 0 Å². The Morgan fingerprint density at radius 2 is 2.32 bits per heavy atom. The van der Waals surface area contributed by atoms with E-state index in [1.54, 1.807) is 17.6 Å². The summed E-state index contributed by atoms with van der Waals surface area (Å²) in [6, 6.07) is 8.06. The molecule has 130 valence electrons. The Bertz CT molecular complexity index is 842. The van der Waals surface area contributed by atoms with Gasteiger partial charge in [-0.15, -0.1) is 21.5 Å². The number of hydrogen-bond donors (Lipinski definition) is 0. The largest absolute Gasteiger partial charge is 0.461 e. The maximum atomic E-state index is 12.7. The second-order valence-corrected chi connectivity index (χ2v) is 7.81. The number of thioether (sulfide) groups is 1. The number of rotatable bonds is 5. The summed E-state index contributed by atoms with van der Waals surface area (Å²) in [5, 5.41) is 11.1. The molecule has 8 heteroatoms. The lowest BCUT2D eigenvalue weighted by Gasteiger charge is -2.23. The second kappa shape index (κ2) is 7.05. The summed E-state index contributed by atoms with van der Waals surface area (Å²) >= 11 is 3.14. The summed E-state index contributed by atoms with van der Waals surface area (Å²) in [7, 11) is 1.88. The van der Waals surface area contributed by atoms with E-state index >= 15 is 0 Å². The van der Waals surface area contributed by atoms with Crippen LogP contribution in [0.3, 0.4) is 0 Å². The molecule has 1 aliphatic heterocycles. The average molecular weight is 374 g/mol. The minimum atomic E-state index is 0.156. The normalized spacial score (nSPS) is 17.3. The van der Waals surface area contributed by atoms with Crippen LogP contribution in [0, 0.1) is 0 Å². The molecule has 0 N–H and O–H groups in total. The summed E-state index contributed by atoms with van der Waals surface area (Å²) < 4.78 is 7.23. The van der Waals surface area contributed by atoms with Crippen LogP contribution in [0.2, 0.25) is 0 Å². The lowest BCUT2D eigenvalue weighted by molar-refractivity contribution is -0.129. The zero-order valence-corrected chi connectivity index (χ0v) is 15.4. The van der Waals surface area contributed by atoms with Gasteiger partial charge in [-0.1, -0.05) is 17.8 Å². The molecule has 0 bridgehead atoms. The molecule has 0 aliphatic carbocycles. The highest BCUT2D eigenvalue weighted by Gasteiger charge is 2.30. The van der Waals surface area contributed by atoms with Gasteiger partial charge in [-0.2, -0.15) is 0 Å². The lowest BCUT2D eigenvalue weighted by atomic mass is 10.2. The quantitative estimate of drug-likeness (QED) is 0.639. The van der Waals surface area contributed by atoms with E-state index in [-0.39, 0.29) is 11.9 Å². The van der Waals surface area contributed by atoms with Crippen LogP contribution < -0.4 is 0 Å². The summed E-state index contributed by atoms with van der Waals surface area (Å²) in [5.74, 6) is 1.86. The Balaban J connectivity index is 1.42. The summed E-state index contributed by atoms with van der Waals surface area (Å²) in [6.07, 6.45) is 3.72. The molecule has 1 amide bonds. The van der Waals surface area contributed by atoms with Gasteiger partial charge in [0.2, 0.25) is 5.91 Å². The van der Waals surface area contributed by atoms with Crippen molar-refractivity contribution in [3.05, 3.63) is 40.8 Å². The van der Waals surface area contributed by atoms with E-state index in [1.165, 1.54) is 16.6 Å². The van der Waals surface area contributed by atoms with E-state index in [4.69, 9.17) is 4.42 Å². The summed E-state index contributed by atoms with van der Waals surface area (Å²) in [5.41, 5.74) is 0. The van der Waals surface area contributed by atoms with Crippen LogP contribution in [-0.4, -0.2) is 37.9 Å². The predicted molar refractivity (Wildman–Crippen MR) is 97.4 cm³/mol. The minimum Gasteiger partial charge on any atom is -0.461 e. The molecular formula is C17H18N4O2S2. The van der Waals surface area contributed by atoms with Crippen molar-refractivity contribution in [2.45, 2.75) is 24.0 Å². The maximum absolute atomic E-state index is 12.7. The van der Waals surface area contributed by atoms with E-state index in [9.17, 15) is 4.79 Å². The SMILES string of the molecule is Cn1c(SCC(=O)N2CCCC2c2cccs2)nnc1-c1ccco1. The Kier molecular flexibility index (Phi) is 4.63. The van der Waals surface area contributed by atoms with Gasteiger partial charge < -0.3 is 13.9 Å². The van der Waals surface area contributed by atoms with Crippen molar-refractivity contribution >= 4 is 29.0 Å². The third kappa shape index (κ3) is 3.23. The molecule has 3 aromatic rings. The van der Waals surface area contributed by atoms with Crippen LogP contribution in [0.4, 0.5) is 0 Å². The number of nitrogens with zero attached hydrogens (tertiary/aromatic N) is 4. The molecule has 25 heavy (non-hydrogen) atoms. The van der Waals surface area contributed by atoms with Crippen molar-refractivity contribution in [1.82, 2.24) is 19.7 Å². The molecule has 3 aromatic heterocycles. The van der Waals surface area contributed by atoms with E-state index in [0.717, 1.165) is 19.4 Å². The fraction of sp³-hybridized carbons (Fsp3) is 0.353. The minimum absolute atomic E-state index is 0.156. The Morgan fingerprint density at radius 3 is 3.08 bits per heavy atom. The molecular weight excluding hydrogens is 356 g/mol. The number of amides is 1. The van der Waals surface area contributed by atoms with E-state index in [1.807, 2.05) is 34.7 Å². The van der Waals surface area contributed by atoms with Crippen LogP contribution in [0.25, 0.3) is 11.6 Å². The van der Waals surface area contributed by atoms with Gasteiger partial charge in [0.05, 0.1) is 18.1 Å². The van der Waals surface area contributed by atoms with Gasteiger partial charge in [0.1, 0.15) is 0 Å². The molecule has 1 fully saturated rings. The first-order valence-corrected chi connectivity index (χ1v) is 9.99. The number of carbonyl (C=O) groups excluding carboxylic acids is 1. The Morgan fingerprint density at radius 1 is 1.40 bits per heavy atom. The van der Waals surface area contributed by atoms with Crippen molar-refractivity contribution in [2.75, 3.05) is 12.3 Å². The lowest BCUT2D eigenvalue weighted by Crippen LogP contribution is -2.31. The number of furan rings is 1. The number of hydrogen-bond acceptors (Lipinski definition) is 6. The highest BCUT2D eigenvalue weighted by Crippen LogP contribution is 2.35. The van der Waals surface area contributed by atoms with Crippen LogP contribution >= 0.6 is 23.1 Å². The van der Waals surface area contributed by atoms with Gasteiger partial charge >= 0.3 is 0 Å². The van der Waals surface area contributed by atoms with Crippen molar-refractivity contribution in [3.63, 3.8) is 0 Å². The van der Waals surface area contributed by atoms with Crippen molar-refractivity contribution in [3.8, 4) is 11.6 Å². The molecule has 0 aromatic carbocycles. The van der Waals surface area contributed by atoms with Gasteiger partial charge in [-0.25, -0.2) is 0 Å². The Labute approximate surface area is 153 Å². The van der Waals surface area contributed by atoms with Gasteiger partial charge in [0, 0.05) is 18.5 Å². The second-order valence-electron chi connectivity index (χ2n) is 5.89. The summed E-state index contributed by atoms with van der Waals surface area (Å²) in [6.45, 7) is 0.832. The molecule has 1 unspecified atom stereocenters. The zero-order valence-electron chi connectivity index (χ0n) is 13.8. The fourth-order valence-corrected chi connectivity index (χ4v) is 4.78. The smallest absolute Gasteiger partial charge is 0.233 e. The topological polar surface area (TPSA) is 64.2 Å². The van der Waals surface area contributed by atoms with Crippen molar-refractivity contribution in [1.29, 1.82) is 0 Å². The number of likely N-dealkylation sites (tertiary alicyclic amines) is 1. The van der Waals surface area contributed by atoms with Crippen LogP contribution in [0.5, 0.6) is 0 Å². The van der Waals surface area contributed by atoms with Gasteiger partial charge in [-0.05, 0) is 36.4 Å². The maximum Gasteiger partial charge on any atom is 0.233 e. The highest BCUT2D eigenvalue weighted by atomic mass is 32.2. The van der Waals surface area contributed by atoms with E-state index < -0.39 is 0 Å².